The normalized spacial score (nSPS) is 13.6. The number of hydrogen-bond donors (Lipinski definition) is 0. The summed E-state index contributed by atoms with van der Waals surface area (Å²) in [6.07, 6.45) is 0. The molecule has 19 rings (SSSR count). The third kappa shape index (κ3) is 6.38. The Balaban J connectivity index is 0.815. The Kier molecular flexibility index (Phi) is 9.57. The van der Waals surface area contributed by atoms with Crippen molar-refractivity contribution < 1.29 is 0 Å². The Hall–Kier alpha value is -10.6. The molecule has 7 heteroatoms. The first-order chi connectivity index (χ1) is 41.7. The molecule has 0 atom stereocenters. The van der Waals surface area contributed by atoms with Crippen molar-refractivity contribution in [3.63, 3.8) is 0 Å². The zero-order chi connectivity index (χ0) is 54.7. The van der Waals surface area contributed by atoms with E-state index in [1.54, 1.807) is 0 Å². The average molecular weight is 1060 g/mol. The molecule has 0 saturated carbocycles. The molecule has 4 nitrogen and oxygen atoms in total. The smallest absolute Gasteiger partial charge is 0.329 e. The number of para-hydroxylation sites is 3. The van der Waals surface area contributed by atoms with Crippen molar-refractivity contribution in [2.45, 2.75) is 0 Å². The molecule has 384 valence electrons. The molecule has 13 aromatic rings. The van der Waals surface area contributed by atoms with Crippen molar-refractivity contribution in [3.05, 3.63) is 285 Å². The van der Waals surface area contributed by atoms with Gasteiger partial charge >= 0.3 is 20.5 Å². The highest BCUT2D eigenvalue weighted by atomic mass is 15.1. The summed E-state index contributed by atoms with van der Waals surface area (Å²) in [5.74, 6) is 0. The van der Waals surface area contributed by atoms with E-state index in [0.29, 0.717) is 0 Å². The molecule has 0 amide bonds. The summed E-state index contributed by atoms with van der Waals surface area (Å²) in [5, 5.41) is 0. The van der Waals surface area contributed by atoms with Gasteiger partial charge < -0.3 is 14.4 Å². The van der Waals surface area contributed by atoms with E-state index < -0.39 is 0 Å². The van der Waals surface area contributed by atoms with Crippen LogP contribution in [0.5, 0.6) is 0 Å². The van der Waals surface area contributed by atoms with Gasteiger partial charge in [0.2, 0.25) is 0 Å². The van der Waals surface area contributed by atoms with Crippen LogP contribution >= 0.6 is 0 Å². The lowest BCUT2D eigenvalue weighted by atomic mass is 9.43. The fourth-order valence-electron chi connectivity index (χ4n) is 15.6. The first-order valence-corrected chi connectivity index (χ1v) is 29.4. The minimum absolute atomic E-state index is 0.0360. The van der Waals surface area contributed by atoms with Gasteiger partial charge in [0.15, 0.2) is 0 Å². The minimum atomic E-state index is 0.0360. The highest BCUT2D eigenvalue weighted by Crippen LogP contribution is 2.51. The van der Waals surface area contributed by atoms with Crippen LogP contribution in [-0.4, -0.2) is 25.5 Å². The molecule has 12 aromatic carbocycles. The number of nitrogens with zero attached hydrogens (tertiary/aromatic N) is 4. The van der Waals surface area contributed by atoms with Gasteiger partial charge in [-0.1, -0.05) is 218 Å². The van der Waals surface area contributed by atoms with Crippen molar-refractivity contribution >= 4 is 87.4 Å². The van der Waals surface area contributed by atoms with Crippen molar-refractivity contribution in [3.8, 4) is 100 Å². The molecule has 6 aliphatic heterocycles. The van der Waals surface area contributed by atoms with Gasteiger partial charge in [-0.3, -0.25) is 0 Å². The van der Waals surface area contributed by atoms with Crippen LogP contribution in [0.3, 0.4) is 0 Å². The predicted molar refractivity (Wildman–Crippen MR) is 354 cm³/mol. The molecule has 1 aromatic heterocycles. The molecule has 0 radical (unpaired) electrons. The van der Waals surface area contributed by atoms with E-state index in [1.165, 1.54) is 134 Å². The number of aromatic nitrogens is 1. The van der Waals surface area contributed by atoms with Crippen LogP contribution in [0.25, 0.3) is 100 Å². The van der Waals surface area contributed by atoms with Gasteiger partial charge in [0, 0.05) is 78.6 Å². The third-order valence-corrected chi connectivity index (χ3v) is 19.1. The largest absolute Gasteiger partial charge is 0.376 e. The maximum Gasteiger partial charge on any atom is 0.329 e. The van der Waals surface area contributed by atoms with E-state index in [0.717, 1.165) is 33.6 Å². The molecule has 0 spiro atoms. The molecule has 0 unspecified atom stereocenters. The molecular formula is C77H47B3N4. The van der Waals surface area contributed by atoms with Gasteiger partial charge in [-0.2, -0.15) is 0 Å². The van der Waals surface area contributed by atoms with Crippen LogP contribution in [0, 0.1) is 0 Å². The zero-order valence-corrected chi connectivity index (χ0v) is 45.7. The maximum atomic E-state index is 5.79. The monoisotopic (exact) mass is 1060 g/mol. The lowest BCUT2D eigenvalue weighted by molar-refractivity contribution is 1.30. The molecular weight excluding hydrogens is 1010 g/mol. The van der Waals surface area contributed by atoms with Crippen molar-refractivity contribution in [2.24, 2.45) is 0 Å². The van der Waals surface area contributed by atoms with Gasteiger partial charge in [-0.25, -0.2) is 4.98 Å². The van der Waals surface area contributed by atoms with E-state index in [1.807, 2.05) is 0 Å². The lowest BCUT2D eigenvalue weighted by Crippen LogP contribution is -2.59. The second-order valence-corrected chi connectivity index (χ2v) is 23.2. The number of fused-ring (bicyclic) bond motifs is 33. The van der Waals surface area contributed by atoms with E-state index in [9.17, 15) is 0 Å². The van der Waals surface area contributed by atoms with Gasteiger partial charge in [0.1, 0.15) is 0 Å². The molecule has 0 bridgehead atoms. The summed E-state index contributed by atoms with van der Waals surface area (Å²) in [6.45, 7) is 0.114. The summed E-state index contributed by atoms with van der Waals surface area (Å²) < 4.78 is 0. The van der Waals surface area contributed by atoms with E-state index in [-0.39, 0.29) is 20.5 Å². The first kappa shape index (κ1) is 46.0. The summed E-state index contributed by atoms with van der Waals surface area (Å²) >= 11 is 0. The summed E-state index contributed by atoms with van der Waals surface area (Å²) in [7, 11) is 0. The minimum Gasteiger partial charge on any atom is -0.376 e. The van der Waals surface area contributed by atoms with E-state index in [2.05, 4.69) is 300 Å². The summed E-state index contributed by atoms with van der Waals surface area (Å²) in [6, 6.07) is 107. The average Bonchev–Trinajstić information content (AvgIpc) is 1.39. The highest BCUT2D eigenvalue weighted by molar-refractivity contribution is 6.94. The van der Waals surface area contributed by atoms with Crippen LogP contribution in [0.2, 0.25) is 0 Å². The Bertz CT molecular complexity index is 4500. The molecule has 0 saturated heterocycles. The molecule has 0 N–H and O–H groups in total. The number of pyridine rings is 1. The van der Waals surface area contributed by atoms with E-state index >= 15 is 0 Å². The molecule has 0 fully saturated rings. The van der Waals surface area contributed by atoms with E-state index in [4.69, 9.17) is 4.98 Å². The van der Waals surface area contributed by atoms with Crippen molar-refractivity contribution in [2.75, 3.05) is 14.4 Å². The molecule has 0 aliphatic carbocycles. The van der Waals surface area contributed by atoms with Crippen LogP contribution in [0.4, 0.5) is 34.1 Å². The number of benzene rings is 12. The Morgan fingerprint density at radius 2 is 0.429 bits per heavy atom. The van der Waals surface area contributed by atoms with Crippen LogP contribution in [-0.2, 0) is 0 Å². The third-order valence-electron chi connectivity index (χ3n) is 19.1. The van der Waals surface area contributed by atoms with Gasteiger partial charge in [0.25, 0.3) is 0 Å². The van der Waals surface area contributed by atoms with Gasteiger partial charge in [-0.15, -0.1) is 0 Å². The van der Waals surface area contributed by atoms with Gasteiger partial charge in [-0.05, 0) is 144 Å². The fraction of sp³-hybridized carbons (Fsp3) is 0. The van der Waals surface area contributed by atoms with Crippen molar-refractivity contribution in [1.29, 1.82) is 0 Å². The predicted octanol–water partition coefficient (Wildman–Crippen LogP) is 14.8. The second-order valence-electron chi connectivity index (χ2n) is 23.2. The van der Waals surface area contributed by atoms with Crippen LogP contribution in [0.15, 0.2) is 285 Å². The number of anilines is 6. The lowest BCUT2D eigenvalue weighted by Gasteiger charge is -2.43. The zero-order valence-electron chi connectivity index (χ0n) is 45.7. The topological polar surface area (TPSA) is 22.6 Å². The number of hydrogen-bond acceptors (Lipinski definition) is 4. The van der Waals surface area contributed by atoms with Crippen LogP contribution < -0.4 is 47.2 Å². The van der Waals surface area contributed by atoms with Gasteiger partial charge in [0.05, 0.1) is 11.4 Å². The number of rotatable bonds is 3. The Morgan fingerprint density at radius 1 is 0.190 bits per heavy atom. The summed E-state index contributed by atoms with van der Waals surface area (Å²) in [4.78, 5) is 13.5. The first-order valence-electron chi connectivity index (χ1n) is 29.4. The molecule has 7 heterocycles. The maximum absolute atomic E-state index is 5.79. The SMILES string of the molecule is c1ccc2c(c1)B1c3ccccc3-c3cc(-c4cc(-c5ccc6c(c5)-c5ccccc5B5c7ccccc7-c7ccccc7N56)nc(-c5ccc6c(c5)-c5ccccc5B5c7ccccc7-c7ccccc7N56)c4)ccc3N1c1ccccc1-2. The Morgan fingerprint density at radius 3 is 0.750 bits per heavy atom. The highest BCUT2D eigenvalue weighted by Gasteiger charge is 2.45. The quantitative estimate of drug-likeness (QED) is 0.164. The molecule has 84 heavy (non-hydrogen) atoms. The molecule has 6 aliphatic rings. The van der Waals surface area contributed by atoms with Crippen molar-refractivity contribution in [1.82, 2.24) is 4.98 Å². The standard InChI is InChI=1S/C77H47B3N4/c1-10-28-64-52(19-1)58-25-7-16-34-72(58)82-75-40-37-48(43-61(75)55-22-4-13-31-67(55)78(64)82)51-46-70(49-38-41-76-62(44-49)56-23-5-14-32-68(56)79-65-29-11-2-20-53(65)59-26-8-17-35-73(59)83(76)79)81-71(47-51)50-39-42-77-63(45-50)57-24-6-15-33-69(57)80-66-30-12-3-21-54(66)60-27-9-18-36-74(60)84(77)80/h1-47H. The Labute approximate surface area is 489 Å². The second kappa shape index (κ2) is 17.5. The fourth-order valence-corrected chi connectivity index (χ4v) is 15.6. The van der Waals surface area contributed by atoms with Crippen LogP contribution in [0.1, 0.15) is 0 Å². The summed E-state index contributed by atoms with van der Waals surface area (Å²) in [5.41, 5.74) is 36.5.